The van der Waals surface area contributed by atoms with E-state index in [4.69, 9.17) is 12.2 Å². The molecule has 0 heterocycles. The zero-order chi connectivity index (χ0) is 12.0. The van der Waals surface area contributed by atoms with Gasteiger partial charge in [0, 0.05) is 19.0 Å². The molecule has 0 radical (unpaired) electrons. The molecule has 3 nitrogen and oxygen atoms in total. The van der Waals surface area contributed by atoms with Crippen LogP contribution in [-0.4, -0.2) is 29.9 Å². The van der Waals surface area contributed by atoms with Gasteiger partial charge in [0.1, 0.15) is 0 Å². The van der Waals surface area contributed by atoms with Gasteiger partial charge in [0.15, 0.2) is 0 Å². The third kappa shape index (κ3) is 4.67. The Bertz CT molecular complexity index is 266. The van der Waals surface area contributed by atoms with Crippen molar-refractivity contribution in [2.24, 2.45) is 11.7 Å². The summed E-state index contributed by atoms with van der Waals surface area (Å²) in [5, 5.41) is 0. The third-order valence-electron chi connectivity index (χ3n) is 2.91. The van der Waals surface area contributed by atoms with Gasteiger partial charge in [0.05, 0.1) is 6.54 Å². The van der Waals surface area contributed by atoms with Gasteiger partial charge < -0.3 is 10.6 Å². The van der Waals surface area contributed by atoms with Crippen LogP contribution in [-0.2, 0) is 4.79 Å². The summed E-state index contributed by atoms with van der Waals surface area (Å²) in [6.45, 7) is 3.32. The Morgan fingerprint density at radius 3 is 2.81 bits per heavy atom. The van der Waals surface area contributed by atoms with E-state index in [9.17, 15) is 4.79 Å². The Morgan fingerprint density at radius 2 is 2.31 bits per heavy atom. The van der Waals surface area contributed by atoms with Crippen LogP contribution in [0.15, 0.2) is 0 Å². The SMILES string of the molecule is C#CCN(CC1CC1)C(=O)CC(N)CCC. The van der Waals surface area contributed by atoms with Crippen molar-refractivity contribution in [1.29, 1.82) is 0 Å². The van der Waals surface area contributed by atoms with E-state index in [1.54, 1.807) is 4.90 Å². The largest absolute Gasteiger partial charge is 0.331 e. The number of nitrogens with zero attached hydrogens (tertiary/aromatic N) is 1. The van der Waals surface area contributed by atoms with E-state index in [1.165, 1.54) is 12.8 Å². The summed E-state index contributed by atoms with van der Waals surface area (Å²) in [6, 6.07) is -0.0167. The fraction of sp³-hybridized carbons (Fsp3) is 0.769. The van der Waals surface area contributed by atoms with Crippen LogP contribution in [0.4, 0.5) is 0 Å². The molecule has 1 aliphatic rings. The van der Waals surface area contributed by atoms with Gasteiger partial charge in [-0.3, -0.25) is 4.79 Å². The van der Waals surface area contributed by atoms with Crippen LogP contribution in [0.5, 0.6) is 0 Å². The molecule has 1 unspecified atom stereocenters. The van der Waals surface area contributed by atoms with E-state index in [-0.39, 0.29) is 11.9 Å². The lowest BCUT2D eigenvalue weighted by atomic mass is 10.1. The van der Waals surface area contributed by atoms with Gasteiger partial charge in [-0.05, 0) is 25.2 Å². The smallest absolute Gasteiger partial charge is 0.224 e. The van der Waals surface area contributed by atoms with Gasteiger partial charge in [0.2, 0.25) is 5.91 Å². The maximum atomic E-state index is 11.9. The highest BCUT2D eigenvalue weighted by atomic mass is 16.2. The van der Waals surface area contributed by atoms with Crippen molar-refractivity contribution < 1.29 is 4.79 Å². The molecule has 0 aromatic carbocycles. The molecule has 90 valence electrons. The summed E-state index contributed by atoms with van der Waals surface area (Å²) in [7, 11) is 0. The van der Waals surface area contributed by atoms with Crippen molar-refractivity contribution in [2.45, 2.75) is 45.1 Å². The van der Waals surface area contributed by atoms with Crippen molar-refractivity contribution in [2.75, 3.05) is 13.1 Å². The zero-order valence-electron chi connectivity index (χ0n) is 10.1. The molecule has 1 aliphatic carbocycles. The minimum atomic E-state index is -0.0167. The molecule has 1 atom stereocenters. The first-order valence-corrected chi connectivity index (χ1v) is 6.14. The highest BCUT2D eigenvalue weighted by molar-refractivity contribution is 5.77. The minimum absolute atomic E-state index is 0.0167. The molecular weight excluding hydrogens is 200 g/mol. The average Bonchev–Trinajstić information content (AvgIpc) is 3.01. The fourth-order valence-electron chi connectivity index (χ4n) is 1.80. The number of rotatable bonds is 7. The molecule has 0 aromatic heterocycles. The summed E-state index contributed by atoms with van der Waals surface area (Å²) >= 11 is 0. The van der Waals surface area contributed by atoms with E-state index in [1.807, 2.05) is 0 Å². The maximum Gasteiger partial charge on any atom is 0.224 e. The van der Waals surface area contributed by atoms with E-state index in [0.717, 1.165) is 19.4 Å². The fourth-order valence-corrected chi connectivity index (χ4v) is 1.80. The predicted octanol–water partition coefficient (Wildman–Crippen LogP) is 1.38. The highest BCUT2D eigenvalue weighted by Crippen LogP contribution is 2.29. The monoisotopic (exact) mass is 222 g/mol. The lowest BCUT2D eigenvalue weighted by molar-refractivity contribution is -0.131. The van der Waals surface area contributed by atoms with Crippen LogP contribution in [0.3, 0.4) is 0 Å². The maximum absolute atomic E-state index is 11.9. The molecule has 0 aromatic rings. The third-order valence-corrected chi connectivity index (χ3v) is 2.91. The summed E-state index contributed by atoms with van der Waals surface area (Å²) in [5.74, 6) is 3.35. The summed E-state index contributed by atoms with van der Waals surface area (Å²) in [4.78, 5) is 13.7. The van der Waals surface area contributed by atoms with Crippen LogP contribution in [0.2, 0.25) is 0 Å². The van der Waals surface area contributed by atoms with E-state index in [2.05, 4.69) is 12.8 Å². The molecular formula is C13H22N2O. The van der Waals surface area contributed by atoms with Gasteiger partial charge in [-0.15, -0.1) is 6.42 Å². The molecule has 1 saturated carbocycles. The Morgan fingerprint density at radius 1 is 1.62 bits per heavy atom. The van der Waals surface area contributed by atoms with Gasteiger partial charge in [-0.25, -0.2) is 0 Å². The quantitative estimate of drug-likeness (QED) is 0.661. The number of hydrogen-bond donors (Lipinski definition) is 1. The normalized spacial score (nSPS) is 16.6. The molecule has 0 saturated heterocycles. The molecule has 1 amide bonds. The summed E-state index contributed by atoms with van der Waals surface area (Å²) in [6.07, 6.45) is 10.1. The standard InChI is InChI=1S/C13H22N2O/c1-3-5-12(14)9-13(16)15(8-4-2)10-11-6-7-11/h2,11-12H,3,5-10,14H2,1H3. The molecule has 2 N–H and O–H groups in total. The number of carbonyl (C=O) groups excluding carboxylic acids is 1. The van der Waals surface area contributed by atoms with Gasteiger partial charge in [-0.2, -0.15) is 0 Å². The molecule has 0 bridgehead atoms. The van der Waals surface area contributed by atoms with Crippen LogP contribution < -0.4 is 5.73 Å². The van der Waals surface area contributed by atoms with Crippen molar-refractivity contribution in [3.63, 3.8) is 0 Å². The second kappa shape index (κ2) is 6.55. The van der Waals surface area contributed by atoms with Gasteiger partial charge in [-0.1, -0.05) is 19.3 Å². The Labute approximate surface area is 98.4 Å². The Hall–Kier alpha value is -1.01. The first-order chi connectivity index (χ1) is 7.67. The molecule has 1 rings (SSSR count). The van der Waals surface area contributed by atoms with Gasteiger partial charge >= 0.3 is 0 Å². The molecule has 16 heavy (non-hydrogen) atoms. The zero-order valence-corrected chi connectivity index (χ0v) is 10.1. The molecule has 0 aliphatic heterocycles. The van der Waals surface area contributed by atoms with Crippen molar-refractivity contribution in [3.05, 3.63) is 0 Å². The van der Waals surface area contributed by atoms with E-state index >= 15 is 0 Å². The van der Waals surface area contributed by atoms with Gasteiger partial charge in [0.25, 0.3) is 0 Å². The molecule has 3 heteroatoms. The van der Waals surface area contributed by atoms with Crippen LogP contribution in [0, 0.1) is 18.3 Å². The lowest BCUT2D eigenvalue weighted by Crippen LogP contribution is -2.37. The summed E-state index contributed by atoms with van der Waals surface area (Å²) < 4.78 is 0. The van der Waals surface area contributed by atoms with E-state index < -0.39 is 0 Å². The number of amides is 1. The number of nitrogens with two attached hydrogens (primary N) is 1. The second-order valence-electron chi connectivity index (χ2n) is 4.67. The first kappa shape index (κ1) is 13.1. The van der Waals surface area contributed by atoms with Crippen molar-refractivity contribution in [3.8, 4) is 12.3 Å². The Balaban J connectivity index is 2.36. The van der Waals surface area contributed by atoms with Crippen molar-refractivity contribution in [1.82, 2.24) is 4.90 Å². The minimum Gasteiger partial charge on any atom is -0.331 e. The van der Waals surface area contributed by atoms with Crippen molar-refractivity contribution >= 4 is 5.91 Å². The topological polar surface area (TPSA) is 46.3 Å². The summed E-state index contributed by atoms with van der Waals surface area (Å²) in [5.41, 5.74) is 5.87. The average molecular weight is 222 g/mol. The van der Waals surface area contributed by atoms with Crippen LogP contribution in [0.25, 0.3) is 0 Å². The Kier molecular flexibility index (Phi) is 5.34. The second-order valence-corrected chi connectivity index (χ2v) is 4.67. The number of hydrogen-bond acceptors (Lipinski definition) is 2. The highest BCUT2D eigenvalue weighted by Gasteiger charge is 2.26. The molecule has 1 fully saturated rings. The van der Waals surface area contributed by atoms with Crippen LogP contribution in [0.1, 0.15) is 39.0 Å². The molecule has 0 spiro atoms. The number of terminal acetylenes is 1. The van der Waals surface area contributed by atoms with Crippen LogP contribution >= 0.6 is 0 Å². The lowest BCUT2D eigenvalue weighted by Gasteiger charge is -2.21. The number of carbonyl (C=O) groups is 1. The predicted molar refractivity (Wildman–Crippen MR) is 65.6 cm³/mol. The first-order valence-electron chi connectivity index (χ1n) is 6.14. The van der Waals surface area contributed by atoms with E-state index in [0.29, 0.717) is 18.9 Å².